The summed E-state index contributed by atoms with van der Waals surface area (Å²) in [4.78, 5) is 12.6. The summed E-state index contributed by atoms with van der Waals surface area (Å²) in [6.45, 7) is 0. The monoisotopic (exact) mass is 358 g/mol. The van der Waals surface area contributed by atoms with E-state index in [2.05, 4.69) is 0 Å². The van der Waals surface area contributed by atoms with Gasteiger partial charge in [0.1, 0.15) is 5.75 Å². The molecule has 2 aromatic carbocycles. The number of hydrogen-bond donors (Lipinski definition) is 1. The quantitative estimate of drug-likeness (QED) is 0.769. The molecule has 0 bridgehead atoms. The minimum Gasteiger partial charge on any atom is -0.507 e. The van der Waals surface area contributed by atoms with Crippen molar-refractivity contribution in [3.05, 3.63) is 70.3 Å². The van der Waals surface area contributed by atoms with E-state index in [4.69, 9.17) is 0 Å². The molecule has 0 unspecified atom stereocenters. The van der Waals surface area contributed by atoms with Gasteiger partial charge in [-0.1, -0.05) is 30.7 Å². The van der Waals surface area contributed by atoms with Gasteiger partial charge in [-0.3, -0.25) is 4.79 Å². The average Bonchev–Trinajstić information content (AvgIpc) is 2.54. The number of phenolic OH excluding ortho intramolecular Hbond substituents is 1. The first-order valence-electron chi connectivity index (χ1n) is 8.62. The van der Waals surface area contributed by atoms with E-state index in [9.17, 15) is 23.1 Å². The highest BCUT2D eigenvalue weighted by Gasteiger charge is 2.31. The summed E-state index contributed by atoms with van der Waals surface area (Å²) in [6.07, 6.45) is 0.624. The molecule has 1 N–H and O–H groups in total. The largest absolute Gasteiger partial charge is 0.507 e. The van der Waals surface area contributed by atoms with Gasteiger partial charge in [-0.05, 0) is 65.7 Å². The van der Waals surface area contributed by atoms with Gasteiger partial charge in [-0.15, -0.1) is 0 Å². The minimum atomic E-state index is -4.38. The highest BCUT2D eigenvalue weighted by atomic mass is 19.4. The van der Waals surface area contributed by atoms with Crippen molar-refractivity contribution >= 4 is 11.4 Å². The first kappa shape index (κ1) is 16.9. The van der Waals surface area contributed by atoms with Gasteiger partial charge in [0.2, 0.25) is 0 Å². The summed E-state index contributed by atoms with van der Waals surface area (Å²) in [6, 6.07) is 8.55. The Balaban J connectivity index is 1.66. The number of halogens is 3. The number of hydrogen-bond acceptors (Lipinski definition) is 2. The summed E-state index contributed by atoms with van der Waals surface area (Å²) in [5.41, 5.74) is 2.41. The van der Waals surface area contributed by atoms with Crippen LogP contribution in [0.2, 0.25) is 0 Å². The van der Waals surface area contributed by atoms with E-state index >= 15 is 0 Å². The van der Waals surface area contributed by atoms with Crippen LogP contribution < -0.4 is 0 Å². The Morgan fingerprint density at radius 3 is 2.27 bits per heavy atom. The fourth-order valence-corrected chi connectivity index (χ4v) is 3.67. The number of carbonyl (C=O) groups is 1. The molecule has 2 aliphatic carbocycles. The molecular formula is C21H17F3O2. The van der Waals surface area contributed by atoms with E-state index in [0.717, 1.165) is 37.0 Å². The maximum absolute atomic E-state index is 12.7. The lowest BCUT2D eigenvalue weighted by molar-refractivity contribution is -0.137. The lowest BCUT2D eigenvalue weighted by Crippen LogP contribution is -2.14. The summed E-state index contributed by atoms with van der Waals surface area (Å²) < 4.78 is 38.1. The number of aromatic hydroxyl groups is 1. The van der Waals surface area contributed by atoms with Crippen LogP contribution in [0.15, 0.2) is 42.5 Å². The summed E-state index contributed by atoms with van der Waals surface area (Å²) in [7, 11) is 0. The zero-order valence-corrected chi connectivity index (χ0v) is 13.9. The third-order valence-electron chi connectivity index (χ3n) is 5.36. The molecule has 0 aliphatic heterocycles. The van der Waals surface area contributed by atoms with Crippen molar-refractivity contribution in [3.63, 3.8) is 0 Å². The molecule has 2 aromatic rings. The van der Waals surface area contributed by atoms with Gasteiger partial charge in [0.15, 0.2) is 5.78 Å². The van der Waals surface area contributed by atoms with Crippen LogP contribution >= 0.6 is 0 Å². The van der Waals surface area contributed by atoms with Gasteiger partial charge in [0.05, 0.1) is 11.1 Å². The molecule has 2 nitrogen and oxygen atoms in total. The molecule has 0 aromatic heterocycles. The Morgan fingerprint density at radius 2 is 1.69 bits per heavy atom. The second-order valence-electron chi connectivity index (χ2n) is 6.95. The summed E-state index contributed by atoms with van der Waals surface area (Å²) in [5, 5.41) is 10.5. The van der Waals surface area contributed by atoms with Crippen molar-refractivity contribution in [2.24, 2.45) is 0 Å². The molecule has 5 heteroatoms. The molecule has 26 heavy (non-hydrogen) atoms. The second-order valence-corrected chi connectivity index (χ2v) is 6.95. The molecule has 0 amide bonds. The predicted molar refractivity (Wildman–Crippen MR) is 92.2 cm³/mol. The van der Waals surface area contributed by atoms with Gasteiger partial charge < -0.3 is 5.11 Å². The van der Waals surface area contributed by atoms with Gasteiger partial charge >= 0.3 is 6.18 Å². The molecule has 1 saturated carbocycles. The van der Waals surface area contributed by atoms with E-state index in [-0.39, 0.29) is 11.5 Å². The fourth-order valence-electron chi connectivity index (χ4n) is 3.67. The molecule has 0 spiro atoms. The molecule has 1 fully saturated rings. The van der Waals surface area contributed by atoms with Gasteiger partial charge in [-0.2, -0.15) is 13.2 Å². The fraction of sp³-hybridized carbons (Fsp3) is 0.286. The van der Waals surface area contributed by atoms with Crippen LogP contribution in [0.3, 0.4) is 0 Å². The normalized spacial score (nSPS) is 17.5. The average molecular weight is 358 g/mol. The van der Waals surface area contributed by atoms with E-state index in [1.807, 2.05) is 12.1 Å². The summed E-state index contributed by atoms with van der Waals surface area (Å²) >= 11 is 0. The minimum absolute atomic E-state index is 0.0694. The number of carbonyl (C=O) groups excluding carboxylic acids is 1. The maximum Gasteiger partial charge on any atom is 0.416 e. The number of phenols is 1. The van der Waals surface area contributed by atoms with Crippen molar-refractivity contribution in [1.29, 1.82) is 0 Å². The number of allylic oxidation sites excluding steroid dienone is 2. The molecule has 0 saturated heterocycles. The first-order valence-corrected chi connectivity index (χ1v) is 8.62. The SMILES string of the molecule is O=C1C=C(c2ccc(C(F)(F)F)cc2)Cc2ccc(C3CCC3)c(O)c21. The molecule has 0 heterocycles. The van der Waals surface area contributed by atoms with Crippen molar-refractivity contribution in [2.75, 3.05) is 0 Å². The molecule has 0 atom stereocenters. The van der Waals surface area contributed by atoms with Crippen molar-refractivity contribution in [2.45, 2.75) is 37.8 Å². The van der Waals surface area contributed by atoms with E-state index in [1.54, 1.807) is 0 Å². The Bertz CT molecular complexity index is 904. The van der Waals surface area contributed by atoms with Crippen LogP contribution in [0, 0.1) is 0 Å². The summed E-state index contributed by atoms with van der Waals surface area (Å²) in [5.74, 6) is 0.0909. The van der Waals surface area contributed by atoms with E-state index in [0.29, 0.717) is 34.6 Å². The number of alkyl halides is 3. The Hall–Kier alpha value is -2.56. The van der Waals surface area contributed by atoms with Crippen molar-refractivity contribution in [3.8, 4) is 5.75 Å². The number of ketones is 1. The van der Waals surface area contributed by atoms with E-state index in [1.165, 1.54) is 18.2 Å². The van der Waals surface area contributed by atoms with Crippen molar-refractivity contribution in [1.82, 2.24) is 0 Å². The number of rotatable bonds is 2. The molecule has 4 rings (SSSR count). The molecular weight excluding hydrogens is 341 g/mol. The van der Waals surface area contributed by atoms with Gasteiger partial charge in [-0.25, -0.2) is 0 Å². The standard InChI is InChI=1S/C21H17F3O2/c22-21(23,24)16-7-4-12(5-8-16)15-10-14-6-9-17(13-2-1-3-13)20(26)19(14)18(25)11-15/h4-9,11,13,26H,1-3,10H2. The maximum atomic E-state index is 12.7. The smallest absolute Gasteiger partial charge is 0.416 e. The third-order valence-corrected chi connectivity index (χ3v) is 5.36. The lowest BCUT2D eigenvalue weighted by atomic mass is 9.77. The van der Waals surface area contributed by atoms with Crippen LogP contribution in [-0.4, -0.2) is 10.9 Å². The highest BCUT2D eigenvalue weighted by molar-refractivity contribution is 6.13. The van der Waals surface area contributed by atoms with Gasteiger partial charge in [0.25, 0.3) is 0 Å². The number of benzene rings is 2. The van der Waals surface area contributed by atoms with Crippen LogP contribution in [-0.2, 0) is 12.6 Å². The van der Waals surface area contributed by atoms with Gasteiger partial charge in [0, 0.05) is 0 Å². The Morgan fingerprint density at radius 1 is 1.00 bits per heavy atom. The van der Waals surface area contributed by atoms with Crippen LogP contribution in [0.4, 0.5) is 13.2 Å². The second kappa shape index (κ2) is 6.01. The topological polar surface area (TPSA) is 37.3 Å². The Labute approximate surface area is 149 Å². The molecule has 0 radical (unpaired) electrons. The Kier molecular flexibility index (Phi) is 3.90. The lowest BCUT2D eigenvalue weighted by Gasteiger charge is -2.28. The van der Waals surface area contributed by atoms with Crippen LogP contribution in [0.5, 0.6) is 5.75 Å². The number of fused-ring (bicyclic) bond motifs is 1. The third kappa shape index (κ3) is 2.81. The van der Waals surface area contributed by atoms with E-state index < -0.39 is 11.7 Å². The molecule has 2 aliphatic rings. The predicted octanol–water partition coefficient (Wildman–Crippen LogP) is 5.50. The first-order chi connectivity index (χ1) is 12.3. The molecule has 134 valence electrons. The highest BCUT2D eigenvalue weighted by Crippen LogP contribution is 2.44. The van der Waals surface area contributed by atoms with Crippen molar-refractivity contribution < 1.29 is 23.1 Å². The van der Waals surface area contributed by atoms with Crippen LogP contribution in [0.25, 0.3) is 5.57 Å². The zero-order valence-electron chi connectivity index (χ0n) is 13.9. The zero-order chi connectivity index (χ0) is 18.5. The van der Waals surface area contributed by atoms with Crippen LogP contribution in [0.1, 0.15) is 57.8 Å².